The number of aromatic nitrogens is 1. The fraction of sp³-hybridized carbons (Fsp3) is 0.350. The minimum absolute atomic E-state index is 0.0200. The number of H-pyrrole nitrogens is 1. The number of nitrogens with zero attached hydrogens (tertiary/aromatic N) is 2. The second-order valence-electron chi connectivity index (χ2n) is 14.3. The molecule has 1 aromatic heterocycles. The molecule has 0 fully saturated rings. The Kier molecular flexibility index (Phi) is 14.4. The van der Waals surface area contributed by atoms with Crippen LogP contribution in [0.4, 0.5) is 24.5 Å². The highest BCUT2D eigenvalue weighted by Gasteiger charge is 2.45. The lowest BCUT2D eigenvalue weighted by Crippen LogP contribution is -2.55. The minimum Gasteiger partial charge on any atom is -0.496 e. The average molecular weight is 805 g/mol. The van der Waals surface area contributed by atoms with E-state index in [1.54, 1.807) is 50.2 Å². The van der Waals surface area contributed by atoms with Gasteiger partial charge in [0.2, 0.25) is 11.8 Å². The molecule has 4 rings (SSSR count). The van der Waals surface area contributed by atoms with E-state index in [9.17, 15) is 43.4 Å². The smallest absolute Gasteiger partial charge is 0.407 e. The molecule has 3 atom stereocenters. The van der Waals surface area contributed by atoms with Crippen molar-refractivity contribution in [3.63, 3.8) is 0 Å². The van der Waals surface area contributed by atoms with E-state index >= 15 is 0 Å². The summed E-state index contributed by atoms with van der Waals surface area (Å²) in [6.07, 6.45) is -2.57. The molecule has 0 aliphatic heterocycles. The number of primary amides is 1. The van der Waals surface area contributed by atoms with Crippen LogP contribution in [0, 0.1) is 11.7 Å². The fourth-order valence-electron chi connectivity index (χ4n) is 6.66. The number of nitrogens with one attached hydrogen (secondary N) is 4. The van der Waals surface area contributed by atoms with Crippen molar-refractivity contribution in [3.8, 4) is 17.0 Å². The van der Waals surface area contributed by atoms with E-state index < -0.39 is 65.4 Å². The second-order valence-corrected chi connectivity index (χ2v) is 14.3. The standard InChI is InChI=1S/C40H49FN8O9/c1-22(2)34(42)36(52)47-28(10-7-17-44-37(43)53)35(51)45-26-13-11-23(12-14-26)20-40(49(4)39(56)57,21-48(3)38(54)55)33-31(58-5)16-15-27-32(33)30(50)19-29(46-27)24-8-6-9-25(41)18-24/h6,8-9,11-16,18-19,22,28,34H,7,10,17,20-21,42H2,1-5H3,(H,45,51)(H,46,50)(H,47,52)(H,54,55)(H,56,57)(H3,43,44,53)/t28-,34-,40?/m0/s1. The third-order valence-electron chi connectivity index (χ3n) is 9.87. The van der Waals surface area contributed by atoms with Gasteiger partial charge in [0.25, 0.3) is 0 Å². The zero-order chi connectivity index (χ0) is 42.9. The normalized spacial score (nSPS) is 13.2. The summed E-state index contributed by atoms with van der Waals surface area (Å²) in [5.41, 5.74) is 10.6. The van der Waals surface area contributed by atoms with E-state index in [-0.39, 0.29) is 53.2 Å². The predicted molar refractivity (Wildman–Crippen MR) is 215 cm³/mol. The number of carboxylic acid groups (broad SMARTS) is 2. The van der Waals surface area contributed by atoms with Crippen LogP contribution in [0.3, 0.4) is 0 Å². The molecular formula is C40H49FN8O9. The lowest BCUT2D eigenvalue weighted by Gasteiger charge is -2.44. The number of methoxy groups -OCH3 is 1. The van der Waals surface area contributed by atoms with E-state index in [1.165, 1.54) is 51.5 Å². The average Bonchev–Trinajstić information content (AvgIpc) is 3.17. The van der Waals surface area contributed by atoms with Crippen molar-refractivity contribution < 1.29 is 43.3 Å². The van der Waals surface area contributed by atoms with Gasteiger partial charge in [-0.1, -0.05) is 38.1 Å². The van der Waals surface area contributed by atoms with Crippen molar-refractivity contribution in [1.29, 1.82) is 0 Å². The number of ether oxygens (including phenoxy) is 1. The number of carbonyl (C=O) groups excluding carboxylic acids is 3. The van der Waals surface area contributed by atoms with Gasteiger partial charge in [0.05, 0.1) is 36.1 Å². The zero-order valence-corrected chi connectivity index (χ0v) is 32.8. The number of nitrogens with two attached hydrogens (primary N) is 2. The number of urea groups is 1. The van der Waals surface area contributed by atoms with Crippen molar-refractivity contribution in [1.82, 2.24) is 25.4 Å². The Hall–Kier alpha value is -6.69. The highest BCUT2D eigenvalue weighted by atomic mass is 19.1. The number of halogens is 1. The van der Waals surface area contributed by atoms with Gasteiger partial charge in [-0.3, -0.25) is 19.3 Å². The first-order chi connectivity index (χ1) is 27.4. The summed E-state index contributed by atoms with van der Waals surface area (Å²) in [5.74, 6) is -1.74. The van der Waals surface area contributed by atoms with E-state index in [0.717, 1.165) is 9.80 Å². The first-order valence-electron chi connectivity index (χ1n) is 18.3. The van der Waals surface area contributed by atoms with Gasteiger partial charge in [0.1, 0.15) is 17.6 Å². The van der Waals surface area contributed by atoms with Crippen molar-refractivity contribution >= 4 is 46.6 Å². The number of carbonyl (C=O) groups is 5. The maximum Gasteiger partial charge on any atom is 0.407 e. The molecule has 0 saturated carbocycles. The highest BCUT2D eigenvalue weighted by molar-refractivity contribution is 5.98. The number of hydrogen-bond acceptors (Lipinski definition) is 8. The van der Waals surface area contributed by atoms with Gasteiger partial charge in [-0.2, -0.15) is 0 Å². The van der Waals surface area contributed by atoms with Crippen LogP contribution in [0.15, 0.2) is 71.5 Å². The van der Waals surface area contributed by atoms with Crippen LogP contribution in [0.5, 0.6) is 5.75 Å². The quantitative estimate of drug-likeness (QED) is 0.0715. The monoisotopic (exact) mass is 804 g/mol. The maximum absolute atomic E-state index is 14.2. The van der Waals surface area contributed by atoms with Gasteiger partial charge in [-0.15, -0.1) is 0 Å². The van der Waals surface area contributed by atoms with Crippen LogP contribution in [-0.2, 0) is 21.5 Å². The zero-order valence-electron chi connectivity index (χ0n) is 32.8. The van der Waals surface area contributed by atoms with Gasteiger partial charge in [-0.25, -0.2) is 18.8 Å². The Morgan fingerprint density at radius 2 is 1.66 bits per heavy atom. The maximum atomic E-state index is 14.2. The summed E-state index contributed by atoms with van der Waals surface area (Å²) in [5, 5.41) is 28.5. The molecule has 0 bridgehead atoms. The van der Waals surface area contributed by atoms with Crippen LogP contribution in [0.25, 0.3) is 22.2 Å². The highest BCUT2D eigenvalue weighted by Crippen LogP contribution is 2.42. The SMILES string of the molecule is COc1ccc2[nH]c(-c3cccc(F)c3)cc(=O)c2c1C(Cc1ccc(NC(=O)[C@H](CCCNC(N)=O)NC(=O)[C@@H](N)C(C)C)cc1)(CN(C)C(=O)O)N(C)C(=O)O. The van der Waals surface area contributed by atoms with E-state index in [1.807, 2.05) is 0 Å². The molecule has 1 heterocycles. The van der Waals surface area contributed by atoms with E-state index in [2.05, 4.69) is 20.9 Å². The molecule has 58 heavy (non-hydrogen) atoms. The van der Waals surface area contributed by atoms with Crippen molar-refractivity contribution in [2.24, 2.45) is 17.4 Å². The number of aromatic amines is 1. The molecule has 6 amide bonds. The van der Waals surface area contributed by atoms with Crippen LogP contribution >= 0.6 is 0 Å². The number of rotatable bonds is 17. The van der Waals surface area contributed by atoms with Gasteiger partial charge in [-0.05, 0) is 60.7 Å². The molecule has 10 N–H and O–H groups in total. The number of anilines is 1. The largest absolute Gasteiger partial charge is 0.496 e. The molecular weight excluding hydrogens is 755 g/mol. The topological polar surface area (TPSA) is 263 Å². The summed E-state index contributed by atoms with van der Waals surface area (Å²) in [6, 6.07) is 13.6. The molecule has 0 spiro atoms. The lowest BCUT2D eigenvalue weighted by molar-refractivity contribution is -0.128. The van der Waals surface area contributed by atoms with Crippen LogP contribution in [0.1, 0.15) is 37.8 Å². The number of benzene rings is 3. The first kappa shape index (κ1) is 44.0. The van der Waals surface area contributed by atoms with Gasteiger partial charge < -0.3 is 52.3 Å². The summed E-state index contributed by atoms with van der Waals surface area (Å²) >= 11 is 0. The Morgan fingerprint density at radius 1 is 0.966 bits per heavy atom. The molecule has 4 aromatic rings. The molecule has 0 saturated heterocycles. The van der Waals surface area contributed by atoms with E-state index in [4.69, 9.17) is 16.2 Å². The summed E-state index contributed by atoms with van der Waals surface area (Å²) in [7, 11) is 3.87. The number of pyridine rings is 1. The number of amides is 6. The van der Waals surface area contributed by atoms with Crippen LogP contribution in [0.2, 0.25) is 0 Å². The van der Waals surface area contributed by atoms with Crippen molar-refractivity contribution in [3.05, 3.63) is 93.9 Å². The summed E-state index contributed by atoms with van der Waals surface area (Å²) in [4.78, 5) is 81.9. The van der Waals surface area contributed by atoms with Gasteiger partial charge >= 0.3 is 18.2 Å². The van der Waals surface area contributed by atoms with E-state index in [0.29, 0.717) is 23.2 Å². The number of fused-ring (bicyclic) bond motifs is 1. The second kappa shape index (κ2) is 19.0. The molecule has 18 heteroatoms. The number of likely N-dealkylation sites (N-methyl/N-ethyl adjacent to an activating group) is 2. The molecule has 17 nitrogen and oxygen atoms in total. The van der Waals surface area contributed by atoms with Gasteiger partial charge in [0, 0.05) is 55.6 Å². The molecule has 310 valence electrons. The molecule has 0 radical (unpaired) electrons. The molecule has 0 aliphatic carbocycles. The Labute approximate surface area is 333 Å². The minimum atomic E-state index is -1.81. The van der Waals surface area contributed by atoms with Crippen LogP contribution in [-0.4, -0.2) is 101 Å². The lowest BCUT2D eigenvalue weighted by atomic mass is 9.79. The van der Waals surface area contributed by atoms with Crippen molar-refractivity contribution in [2.75, 3.05) is 39.6 Å². The predicted octanol–water partition coefficient (Wildman–Crippen LogP) is 3.86. The Balaban J connectivity index is 1.80. The summed E-state index contributed by atoms with van der Waals surface area (Å²) in [6.45, 7) is 3.22. The Bertz CT molecular complexity index is 2210. The Morgan fingerprint density at radius 3 is 2.24 bits per heavy atom. The third kappa shape index (κ3) is 10.4. The third-order valence-corrected chi connectivity index (χ3v) is 9.87. The first-order valence-corrected chi connectivity index (χ1v) is 18.3. The van der Waals surface area contributed by atoms with Gasteiger partial charge in [0.15, 0.2) is 5.43 Å². The van der Waals surface area contributed by atoms with Crippen molar-refractivity contribution in [2.45, 2.75) is 50.7 Å². The molecule has 0 aliphatic rings. The molecule has 3 aromatic carbocycles. The fourth-order valence-corrected chi connectivity index (χ4v) is 6.66. The number of hydrogen-bond donors (Lipinski definition) is 8. The van der Waals surface area contributed by atoms with Crippen LogP contribution < -0.4 is 37.6 Å². The molecule has 1 unspecified atom stereocenters. The summed E-state index contributed by atoms with van der Waals surface area (Å²) < 4.78 is 19.9.